The zero-order valence-electron chi connectivity index (χ0n) is 13.3. The first kappa shape index (κ1) is 17.9. The molecule has 0 saturated carbocycles. The molecule has 1 heterocycles. The number of benzene rings is 1. The fourth-order valence-electron chi connectivity index (χ4n) is 2.68. The van der Waals surface area contributed by atoms with Crippen LogP contribution in [0.3, 0.4) is 0 Å². The van der Waals surface area contributed by atoms with Crippen LogP contribution in [0.2, 0.25) is 10.0 Å². The fraction of sp³-hybridized carbons (Fsp3) is 0.500. The van der Waals surface area contributed by atoms with E-state index in [1.807, 2.05) is 6.92 Å². The van der Waals surface area contributed by atoms with Crippen molar-refractivity contribution in [3.05, 3.63) is 27.7 Å². The minimum atomic E-state index is -0.222. The Morgan fingerprint density at radius 1 is 1.09 bits per heavy atom. The van der Waals surface area contributed by atoms with Crippen molar-refractivity contribution in [1.82, 2.24) is 9.80 Å². The summed E-state index contributed by atoms with van der Waals surface area (Å²) in [6, 6.07) is 3.19. The van der Waals surface area contributed by atoms with E-state index in [9.17, 15) is 9.59 Å². The molecule has 1 saturated heterocycles. The molecule has 1 aliphatic rings. The summed E-state index contributed by atoms with van der Waals surface area (Å²) >= 11 is 12.3. The van der Waals surface area contributed by atoms with Crippen LogP contribution in [0.5, 0.6) is 5.75 Å². The fourth-order valence-corrected chi connectivity index (χ4v) is 3.15. The van der Waals surface area contributed by atoms with E-state index < -0.39 is 0 Å². The number of ether oxygens (including phenoxy) is 1. The Kier molecular flexibility index (Phi) is 6.13. The molecule has 126 valence electrons. The summed E-state index contributed by atoms with van der Waals surface area (Å²) in [5.41, 5.74) is 0.275. The van der Waals surface area contributed by atoms with Gasteiger partial charge in [0.25, 0.3) is 5.91 Å². The van der Waals surface area contributed by atoms with E-state index in [2.05, 4.69) is 0 Å². The predicted molar refractivity (Wildman–Crippen MR) is 90.4 cm³/mol. The van der Waals surface area contributed by atoms with Gasteiger partial charge in [0.1, 0.15) is 5.56 Å². The third-order valence-electron chi connectivity index (χ3n) is 3.92. The Morgan fingerprint density at radius 2 is 1.70 bits per heavy atom. The molecule has 1 aromatic carbocycles. The van der Waals surface area contributed by atoms with Crippen LogP contribution in [-0.4, -0.2) is 54.9 Å². The van der Waals surface area contributed by atoms with Gasteiger partial charge in [-0.1, -0.05) is 30.1 Å². The van der Waals surface area contributed by atoms with Crippen LogP contribution in [0.1, 0.15) is 30.1 Å². The number of nitrogens with zero attached hydrogens (tertiary/aromatic N) is 2. The molecule has 0 spiro atoms. The highest BCUT2D eigenvalue weighted by molar-refractivity contribution is 6.37. The minimum Gasteiger partial charge on any atom is -0.494 e. The maximum Gasteiger partial charge on any atom is 0.259 e. The van der Waals surface area contributed by atoms with Crippen LogP contribution < -0.4 is 4.74 Å². The SMILES string of the molecule is CCC(=O)N1CCCN(C(=O)c2c(Cl)ccc(Cl)c2OC)CC1. The van der Waals surface area contributed by atoms with Crippen molar-refractivity contribution in [2.45, 2.75) is 19.8 Å². The summed E-state index contributed by atoms with van der Waals surface area (Å²) in [7, 11) is 1.46. The number of hydrogen-bond acceptors (Lipinski definition) is 3. The lowest BCUT2D eigenvalue weighted by molar-refractivity contribution is -0.130. The van der Waals surface area contributed by atoms with Gasteiger partial charge < -0.3 is 14.5 Å². The Hall–Kier alpha value is -1.46. The molecular formula is C16H20Cl2N2O3. The molecule has 0 bridgehead atoms. The molecular weight excluding hydrogens is 339 g/mol. The van der Waals surface area contributed by atoms with Crippen molar-refractivity contribution in [2.75, 3.05) is 33.3 Å². The van der Waals surface area contributed by atoms with E-state index in [0.717, 1.165) is 6.42 Å². The van der Waals surface area contributed by atoms with E-state index in [1.54, 1.807) is 21.9 Å². The third-order valence-corrected chi connectivity index (χ3v) is 4.53. The van der Waals surface area contributed by atoms with E-state index in [0.29, 0.717) is 42.6 Å². The van der Waals surface area contributed by atoms with Crippen LogP contribution in [0, 0.1) is 0 Å². The van der Waals surface area contributed by atoms with E-state index in [1.165, 1.54) is 7.11 Å². The molecule has 2 rings (SSSR count). The van der Waals surface area contributed by atoms with Gasteiger partial charge in [0.15, 0.2) is 5.75 Å². The minimum absolute atomic E-state index is 0.109. The summed E-state index contributed by atoms with van der Waals surface area (Å²) in [5, 5.41) is 0.653. The van der Waals surface area contributed by atoms with Gasteiger partial charge in [0, 0.05) is 32.6 Å². The predicted octanol–water partition coefficient (Wildman–Crippen LogP) is 3.09. The monoisotopic (exact) mass is 358 g/mol. The number of hydrogen-bond donors (Lipinski definition) is 0. The Labute approximate surface area is 146 Å². The number of methoxy groups -OCH3 is 1. The van der Waals surface area contributed by atoms with Crippen LogP contribution in [0.15, 0.2) is 12.1 Å². The van der Waals surface area contributed by atoms with Gasteiger partial charge in [-0.05, 0) is 18.6 Å². The lowest BCUT2D eigenvalue weighted by atomic mass is 10.1. The Balaban J connectivity index is 2.21. The Bertz CT molecular complexity index is 607. The van der Waals surface area contributed by atoms with Crippen molar-refractivity contribution in [3.63, 3.8) is 0 Å². The average molecular weight is 359 g/mol. The number of rotatable bonds is 3. The lowest BCUT2D eigenvalue weighted by Gasteiger charge is -2.23. The van der Waals surface area contributed by atoms with E-state index in [4.69, 9.17) is 27.9 Å². The summed E-state index contributed by atoms with van der Waals surface area (Å²) < 4.78 is 5.25. The van der Waals surface area contributed by atoms with Crippen molar-refractivity contribution in [3.8, 4) is 5.75 Å². The highest BCUT2D eigenvalue weighted by Crippen LogP contribution is 2.34. The first-order valence-corrected chi connectivity index (χ1v) is 8.34. The lowest BCUT2D eigenvalue weighted by Crippen LogP contribution is -2.37. The zero-order chi connectivity index (χ0) is 17.0. The molecule has 1 fully saturated rings. The molecule has 0 N–H and O–H groups in total. The summed E-state index contributed by atoms with van der Waals surface area (Å²) in [6.07, 6.45) is 1.21. The largest absolute Gasteiger partial charge is 0.494 e. The smallest absolute Gasteiger partial charge is 0.259 e. The molecule has 0 aromatic heterocycles. The molecule has 0 atom stereocenters. The van der Waals surface area contributed by atoms with E-state index in [-0.39, 0.29) is 23.1 Å². The van der Waals surface area contributed by atoms with Gasteiger partial charge in [-0.25, -0.2) is 0 Å². The summed E-state index contributed by atoms with van der Waals surface area (Å²) in [4.78, 5) is 28.2. The average Bonchev–Trinajstić information content (AvgIpc) is 2.81. The highest BCUT2D eigenvalue weighted by atomic mass is 35.5. The standard InChI is InChI=1S/C16H20Cl2N2O3/c1-3-13(21)19-7-4-8-20(10-9-19)16(22)14-11(17)5-6-12(18)15(14)23-2/h5-6H,3-4,7-10H2,1-2H3. The van der Waals surface area contributed by atoms with Gasteiger partial charge in [-0.2, -0.15) is 0 Å². The van der Waals surface area contributed by atoms with Gasteiger partial charge in [0.05, 0.1) is 17.2 Å². The molecule has 2 amide bonds. The second-order valence-corrected chi connectivity index (χ2v) is 6.13. The molecule has 0 unspecified atom stereocenters. The van der Waals surface area contributed by atoms with Gasteiger partial charge in [0.2, 0.25) is 5.91 Å². The number of amides is 2. The van der Waals surface area contributed by atoms with Crippen molar-refractivity contribution < 1.29 is 14.3 Å². The summed E-state index contributed by atoms with van der Waals surface area (Å²) in [6.45, 7) is 4.07. The third kappa shape index (κ3) is 3.90. The maximum absolute atomic E-state index is 12.9. The van der Waals surface area contributed by atoms with Crippen LogP contribution >= 0.6 is 23.2 Å². The highest BCUT2D eigenvalue weighted by Gasteiger charge is 2.27. The topological polar surface area (TPSA) is 49.9 Å². The normalized spacial score (nSPS) is 15.3. The second-order valence-electron chi connectivity index (χ2n) is 5.32. The van der Waals surface area contributed by atoms with Crippen molar-refractivity contribution in [2.24, 2.45) is 0 Å². The zero-order valence-corrected chi connectivity index (χ0v) is 14.8. The maximum atomic E-state index is 12.9. The van der Waals surface area contributed by atoms with Gasteiger partial charge in [-0.15, -0.1) is 0 Å². The van der Waals surface area contributed by atoms with Gasteiger partial charge >= 0.3 is 0 Å². The van der Waals surface area contributed by atoms with Crippen molar-refractivity contribution >= 4 is 35.0 Å². The first-order chi connectivity index (χ1) is 11.0. The molecule has 5 nitrogen and oxygen atoms in total. The number of carbonyl (C=O) groups is 2. The molecule has 0 aliphatic carbocycles. The molecule has 1 aliphatic heterocycles. The number of carbonyl (C=O) groups excluding carboxylic acids is 2. The molecule has 23 heavy (non-hydrogen) atoms. The first-order valence-electron chi connectivity index (χ1n) is 7.58. The summed E-state index contributed by atoms with van der Waals surface area (Å²) in [5.74, 6) is 0.174. The van der Waals surface area contributed by atoms with Gasteiger partial charge in [-0.3, -0.25) is 9.59 Å². The quantitative estimate of drug-likeness (QED) is 0.833. The Morgan fingerprint density at radius 3 is 2.35 bits per heavy atom. The van der Waals surface area contributed by atoms with E-state index >= 15 is 0 Å². The van der Waals surface area contributed by atoms with Crippen LogP contribution in [0.25, 0.3) is 0 Å². The van der Waals surface area contributed by atoms with Crippen LogP contribution in [0.4, 0.5) is 0 Å². The molecule has 7 heteroatoms. The van der Waals surface area contributed by atoms with Crippen LogP contribution in [-0.2, 0) is 4.79 Å². The molecule has 0 radical (unpaired) electrons. The number of halogens is 2. The molecule has 1 aromatic rings. The second kappa shape index (κ2) is 7.88. The van der Waals surface area contributed by atoms with Crippen molar-refractivity contribution in [1.29, 1.82) is 0 Å².